The zero-order chi connectivity index (χ0) is 15.6. The van der Waals surface area contributed by atoms with Gasteiger partial charge in [0.1, 0.15) is 22.3 Å². The zero-order valence-corrected chi connectivity index (χ0v) is 11.4. The third kappa shape index (κ3) is 3.53. The first-order chi connectivity index (χ1) is 9.79. The molecule has 0 fully saturated rings. The summed E-state index contributed by atoms with van der Waals surface area (Å²) in [4.78, 5) is -0.634. The van der Waals surface area contributed by atoms with Crippen molar-refractivity contribution >= 4 is 15.7 Å². The topological polar surface area (TPSA) is 72.2 Å². The van der Waals surface area contributed by atoms with Crippen molar-refractivity contribution in [3.05, 3.63) is 59.4 Å². The number of hydrogen-bond donors (Lipinski definition) is 2. The van der Waals surface area contributed by atoms with E-state index in [2.05, 4.69) is 0 Å². The Bertz CT molecular complexity index is 779. The van der Waals surface area contributed by atoms with Gasteiger partial charge in [0, 0.05) is 23.9 Å². The monoisotopic (exact) mass is 316 g/mol. The fourth-order valence-corrected chi connectivity index (χ4v) is 2.76. The van der Waals surface area contributed by atoms with Crippen LogP contribution in [0.3, 0.4) is 0 Å². The van der Waals surface area contributed by atoms with Gasteiger partial charge >= 0.3 is 0 Å². The van der Waals surface area contributed by atoms with E-state index in [1.165, 1.54) is 6.07 Å². The Hall–Kier alpha value is -2.06. The Kier molecular flexibility index (Phi) is 4.19. The molecule has 0 saturated heterocycles. The Morgan fingerprint density at radius 2 is 1.71 bits per heavy atom. The van der Waals surface area contributed by atoms with Crippen molar-refractivity contribution < 1.29 is 21.6 Å². The predicted octanol–water partition coefficient (Wildman–Crippen LogP) is 2.16. The van der Waals surface area contributed by atoms with Gasteiger partial charge in [-0.1, -0.05) is 6.07 Å². The number of sulfonamides is 1. The minimum atomic E-state index is -4.20. The van der Waals surface area contributed by atoms with Crippen LogP contribution >= 0.6 is 0 Å². The highest BCUT2D eigenvalue weighted by Gasteiger charge is 2.19. The van der Waals surface area contributed by atoms with E-state index in [4.69, 9.17) is 5.73 Å². The SMILES string of the molecule is Nc1ccc(F)c(S(=O)(=O)NCc2ccc(F)cc2F)c1. The Morgan fingerprint density at radius 1 is 1.00 bits per heavy atom. The van der Waals surface area contributed by atoms with Gasteiger partial charge in [-0.15, -0.1) is 0 Å². The fraction of sp³-hybridized carbons (Fsp3) is 0.0769. The minimum Gasteiger partial charge on any atom is -0.399 e. The van der Waals surface area contributed by atoms with Crippen molar-refractivity contribution in [2.75, 3.05) is 5.73 Å². The summed E-state index contributed by atoms with van der Waals surface area (Å²) in [5.74, 6) is -2.65. The largest absolute Gasteiger partial charge is 0.399 e. The lowest BCUT2D eigenvalue weighted by atomic mass is 10.2. The highest BCUT2D eigenvalue weighted by Crippen LogP contribution is 2.18. The highest BCUT2D eigenvalue weighted by molar-refractivity contribution is 7.89. The van der Waals surface area contributed by atoms with Crippen LogP contribution in [-0.4, -0.2) is 8.42 Å². The number of nitrogens with one attached hydrogen (secondary N) is 1. The predicted molar refractivity (Wildman–Crippen MR) is 71.2 cm³/mol. The maximum atomic E-state index is 13.5. The van der Waals surface area contributed by atoms with Gasteiger partial charge in [-0.2, -0.15) is 0 Å². The third-order valence-electron chi connectivity index (χ3n) is 2.71. The van der Waals surface area contributed by atoms with Crippen LogP contribution in [0.25, 0.3) is 0 Å². The van der Waals surface area contributed by atoms with Crippen LogP contribution in [0.2, 0.25) is 0 Å². The summed E-state index contributed by atoms with van der Waals surface area (Å²) in [6.45, 7) is -0.442. The quantitative estimate of drug-likeness (QED) is 0.849. The van der Waals surface area contributed by atoms with Gasteiger partial charge in [0.2, 0.25) is 10.0 Å². The lowest BCUT2D eigenvalue weighted by molar-refractivity contribution is 0.551. The molecule has 8 heteroatoms. The first-order valence-electron chi connectivity index (χ1n) is 5.78. The second-order valence-corrected chi connectivity index (χ2v) is 5.99. The van der Waals surface area contributed by atoms with Crippen LogP contribution in [0.1, 0.15) is 5.56 Å². The average molecular weight is 316 g/mol. The summed E-state index contributed by atoms with van der Waals surface area (Å²) in [5.41, 5.74) is 5.42. The Labute approximate surface area is 119 Å². The molecule has 0 atom stereocenters. The Balaban J connectivity index is 2.24. The molecule has 0 saturated carbocycles. The first-order valence-corrected chi connectivity index (χ1v) is 7.26. The highest BCUT2D eigenvalue weighted by atomic mass is 32.2. The van der Waals surface area contributed by atoms with Gasteiger partial charge in [-0.3, -0.25) is 0 Å². The summed E-state index contributed by atoms with van der Waals surface area (Å²) in [7, 11) is -4.20. The second-order valence-electron chi connectivity index (χ2n) is 4.25. The number of nitrogens with two attached hydrogens (primary N) is 1. The number of rotatable bonds is 4. The van der Waals surface area contributed by atoms with Gasteiger partial charge in [-0.25, -0.2) is 26.3 Å². The molecule has 0 aliphatic rings. The van der Waals surface area contributed by atoms with E-state index in [-0.39, 0.29) is 11.3 Å². The summed E-state index contributed by atoms with van der Waals surface area (Å²) in [6.07, 6.45) is 0. The van der Waals surface area contributed by atoms with Gasteiger partial charge < -0.3 is 5.73 Å². The van der Waals surface area contributed by atoms with E-state index in [0.717, 1.165) is 24.3 Å². The van der Waals surface area contributed by atoms with Crippen molar-refractivity contribution in [2.45, 2.75) is 11.4 Å². The molecule has 21 heavy (non-hydrogen) atoms. The molecule has 0 bridgehead atoms. The number of nitrogen functional groups attached to an aromatic ring is 1. The Morgan fingerprint density at radius 3 is 2.38 bits per heavy atom. The number of hydrogen-bond acceptors (Lipinski definition) is 3. The molecule has 0 unspecified atom stereocenters. The molecule has 112 valence electrons. The molecule has 0 aromatic heterocycles. The molecular weight excluding hydrogens is 305 g/mol. The first kappa shape index (κ1) is 15.3. The standard InChI is InChI=1S/C13H11F3N2O2S/c14-9-2-1-8(12(16)5-9)7-18-21(19,20)13-6-10(17)3-4-11(13)15/h1-6,18H,7,17H2. The van der Waals surface area contributed by atoms with Crippen LogP contribution in [0.4, 0.5) is 18.9 Å². The number of anilines is 1. The van der Waals surface area contributed by atoms with Crippen molar-refractivity contribution in [1.29, 1.82) is 0 Å². The normalized spacial score (nSPS) is 11.6. The van der Waals surface area contributed by atoms with Crippen molar-refractivity contribution in [3.8, 4) is 0 Å². The molecule has 0 amide bonds. The fourth-order valence-electron chi connectivity index (χ4n) is 1.64. The summed E-state index contributed by atoms with van der Waals surface area (Å²) in [6, 6.07) is 5.82. The molecule has 3 N–H and O–H groups in total. The van der Waals surface area contributed by atoms with Crippen LogP contribution in [-0.2, 0) is 16.6 Å². The van der Waals surface area contributed by atoms with Crippen LogP contribution in [0, 0.1) is 17.5 Å². The molecule has 0 aliphatic heterocycles. The van der Waals surface area contributed by atoms with Crippen LogP contribution in [0.15, 0.2) is 41.3 Å². The van der Waals surface area contributed by atoms with Gasteiger partial charge in [-0.05, 0) is 24.3 Å². The van der Waals surface area contributed by atoms with Crippen LogP contribution < -0.4 is 10.5 Å². The lowest BCUT2D eigenvalue weighted by Crippen LogP contribution is -2.24. The minimum absolute atomic E-state index is 0.0655. The van der Waals surface area contributed by atoms with Crippen molar-refractivity contribution in [1.82, 2.24) is 4.72 Å². The van der Waals surface area contributed by atoms with E-state index in [1.807, 2.05) is 4.72 Å². The second kappa shape index (κ2) is 5.74. The van der Waals surface area contributed by atoms with Crippen molar-refractivity contribution in [2.24, 2.45) is 0 Å². The van der Waals surface area contributed by atoms with E-state index in [9.17, 15) is 21.6 Å². The van der Waals surface area contributed by atoms with Crippen molar-refractivity contribution in [3.63, 3.8) is 0 Å². The molecular formula is C13H11F3N2O2S. The van der Waals surface area contributed by atoms with Crippen LogP contribution in [0.5, 0.6) is 0 Å². The number of benzene rings is 2. The van der Waals surface area contributed by atoms with Gasteiger partial charge in [0.15, 0.2) is 0 Å². The van der Waals surface area contributed by atoms with E-state index in [0.29, 0.717) is 6.07 Å². The molecule has 0 spiro atoms. The molecule has 2 aromatic carbocycles. The summed E-state index contributed by atoms with van der Waals surface area (Å²) >= 11 is 0. The van der Waals surface area contributed by atoms with E-state index >= 15 is 0 Å². The maximum absolute atomic E-state index is 13.5. The van der Waals surface area contributed by atoms with Gasteiger partial charge in [0.25, 0.3) is 0 Å². The summed E-state index contributed by atoms with van der Waals surface area (Å²) in [5, 5.41) is 0. The molecule has 2 rings (SSSR count). The maximum Gasteiger partial charge on any atom is 0.243 e. The summed E-state index contributed by atoms with van der Waals surface area (Å²) < 4.78 is 65.6. The van der Waals surface area contributed by atoms with Gasteiger partial charge in [0.05, 0.1) is 0 Å². The molecule has 0 heterocycles. The number of halogens is 3. The molecule has 0 radical (unpaired) electrons. The molecule has 4 nitrogen and oxygen atoms in total. The smallest absolute Gasteiger partial charge is 0.243 e. The average Bonchev–Trinajstić information content (AvgIpc) is 2.40. The lowest BCUT2D eigenvalue weighted by Gasteiger charge is -2.09. The third-order valence-corrected chi connectivity index (χ3v) is 4.13. The molecule has 0 aliphatic carbocycles. The molecule has 2 aromatic rings. The van der Waals surface area contributed by atoms with E-state index < -0.39 is 38.9 Å². The zero-order valence-electron chi connectivity index (χ0n) is 10.6. The van der Waals surface area contributed by atoms with E-state index in [1.54, 1.807) is 0 Å².